The van der Waals surface area contributed by atoms with Crippen molar-refractivity contribution >= 4 is 0 Å². The van der Waals surface area contributed by atoms with Crippen LogP contribution in [-0.4, -0.2) is 18.6 Å². The second kappa shape index (κ2) is 4.79. The first kappa shape index (κ1) is 10.7. The van der Waals surface area contributed by atoms with Crippen LogP contribution in [0.4, 0.5) is 0 Å². The molecule has 0 spiro atoms. The maximum atomic E-state index is 5.79. The highest BCUT2D eigenvalue weighted by atomic mass is 16.4. The van der Waals surface area contributed by atoms with Gasteiger partial charge in [0.25, 0.3) is 0 Å². The van der Waals surface area contributed by atoms with E-state index in [0.717, 1.165) is 30.5 Å². The van der Waals surface area contributed by atoms with E-state index in [9.17, 15) is 0 Å². The fourth-order valence-electron chi connectivity index (χ4n) is 2.41. The van der Waals surface area contributed by atoms with Crippen LogP contribution in [-0.2, 0) is 6.42 Å². The van der Waals surface area contributed by atoms with Crippen molar-refractivity contribution in [2.75, 3.05) is 13.6 Å². The van der Waals surface area contributed by atoms with E-state index in [1.54, 1.807) is 0 Å². The zero-order chi connectivity index (χ0) is 10.7. The van der Waals surface area contributed by atoms with E-state index in [-0.39, 0.29) is 0 Å². The molecule has 0 bridgehead atoms. The Morgan fingerprint density at radius 2 is 2.40 bits per heavy atom. The number of oxazole rings is 1. The van der Waals surface area contributed by atoms with Gasteiger partial charge in [-0.25, -0.2) is 4.98 Å². The van der Waals surface area contributed by atoms with E-state index < -0.39 is 0 Å². The molecule has 1 N–H and O–H groups in total. The fourth-order valence-corrected chi connectivity index (χ4v) is 2.41. The third-order valence-corrected chi connectivity index (χ3v) is 3.39. The van der Waals surface area contributed by atoms with Crippen molar-refractivity contribution in [2.45, 2.75) is 38.5 Å². The van der Waals surface area contributed by atoms with Crippen molar-refractivity contribution in [3.63, 3.8) is 0 Å². The highest BCUT2D eigenvalue weighted by Crippen LogP contribution is 2.39. The van der Waals surface area contributed by atoms with Gasteiger partial charge in [-0.2, -0.15) is 0 Å². The van der Waals surface area contributed by atoms with Crippen molar-refractivity contribution in [3.8, 4) is 0 Å². The van der Waals surface area contributed by atoms with Gasteiger partial charge in [-0.1, -0.05) is 13.3 Å². The molecule has 1 saturated carbocycles. The minimum absolute atomic E-state index is 0.612. The van der Waals surface area contributed by atoms with E-state index in [2.05, 4.69) is 17.2 Å². The molecule has 3 heteroatoms. The van der Waals surface area contributed by atoms with Crippen LogP contribution in [0.15, 0.2) is 10.6 Å². The number of nitrogens with zero attached hydrogens (tertiary/aromatic N) is 1. The first-order valence-electron chi connectivity index (χ1n) is 5.90. The van der Waals surface area contributed by atoms with Gasteiger partial charge in [-0.05, 0) is 25.8 Å². The van der Waals surface area contributed by atoms with Crippen LogP contribution < -0.4 is 5.32 Å². The third kappa shape index (κ3) is 2.40. The average molecular weight is 208 g/mol. The number of hydrogen-bond donors (Lipinski definition) is 1. The Morgan fingerprint density at radius 3 is 3.07 bits per heavy atom. The van der Waals surface area contributed by atoms with Gasteiger partial charge in [0.15, 0.2) is 5.89 Å². The average Bonchev–Trinajstić information content (AvgIpc) is 2.83. The monoisotopic (exact) mass is 208 g/mol. The molecule has 2 rings (SSSR count). The van der Waals surface area contributed by atoms with Gasteiger partial charge in [0.2, 0.25) is 0 Å². The topological polar surface area (TPSA) is 38.1 Å². The minimum Gasteiger partial charge on any atom is -0.445 e. The van der Waals surface area contributed by atoms with Crippen molar-refractivity contribution in [1.29, 1.82) is 0 Å². The van der Waals surface area contributed by atoms with Gasteiger partial charge in [0.1, 0.15) is 5.76 Å². The normalized spacial score (nSPS) is 26.0. The van der Waals surface area contributed by atoms with Crippen molar-refractivity contribution in [1.82, 2.24) is 10.3 Å². The van der Waals surface area contributed by atoms with Crippen LogP contribution in [0.5, 0.6) is 0 Å². The van der Waals surface area contributed by atoms with Crippen molar-refractivity contribution < 1.29 is 4.42 Å². The number of likely N-dealkylation sites (N-methyl/N-ethyl adjacent to an activating group) is 1. The van der Waals surface area contributed by atoms with Gasteiger partial charge in [-0.3, -0.25) is 0 Å². The molecule has 2 atom stereocenters. The number of aromatic nitrogens is 1. The third-order valence-electron chi connectivity index (χ3n) is 3.39. The van der Waals surface area contributed by atoms with Gasteiger partial charge >= 0.3 is 0 Å². The van der Waals surface area contributed by atoms with E-state index >= 15 is 0 Å². The molecule has 1 aromatic heterocycles. The Hall–Kier alpha value is -0.830. The van der Waals surface area contributed by atoms with Gasteiger partial charge < -0.3 is 9.73 Å². The molecule has 0 saturated heterocycles. The highest BCUT2D eigenvalue weighted by Gasteiger charge is 2.27. The van der Waals surface area contributed by atoms with Crippen LogP contribution in [0, 0.1) is 5.92 Å². The second-order valence-electron chi connectivity index (χ2n) is 4.52. The summed E-state index contributed by atoms with van der Waals surface area (Å²) in [6.45, 7) is 3.24. The summed E-state index contributed by atoms with van der Waals surface area (Å²) >= 11 is 0. The lowest BCUT2D eigenvalue weighted by atomic mass is 9.96. The van der Waals surface area contributed by atoms with Crippen LogP contribution in [0.1, 0.15) is 43.8 Å². The molecule has 3 nitrogen and oxygen atoms in total. The van der Waals surface area contributed by atoms with Crippen LogP contribution in [0.25, 0.3) is 0 Å². The molecule has 15 heavy (non-hydrogen) atoms. The molecule has 1 heterocycles. The standard InChI is InChI=1S/C12H20N2O/c1-9-4-3-5-10(9)11-8-14-12(15-11)6-7-13-2/h8-10,13H,3-7H2,1-2H3. The number of hydrogen-bond acceptors (Lipinski definition) is 3. The first-order valence-corrected chi connectivity index (χ1v) is 5.90. The predicted octanol–water partition coefficient (Wildman–Crippen LogP) is 2.34. The Kier molecular flexibility index (Phi) is 3.41. The summed E-state index contributed by atoms with van der Waals surface area (Å²) in [5, 5.41) is 3.10. The largest absolute Gasteiger partial charge is 0.445 e. The summed E-state index contributed by atoms with van der Waals surface area (Å²) in [5.41, 5.74) is 0. The Bertz CT molecular complexity index is 308. The maximum absolute atomic E-state index is 5.79. The lowest BCUT2D eigenvalue weighted by Crippen LogP contribution is -2.10. The Balaban J connectivity index is 1.99. The quantitative estimate of drug-likeness (QED) is 0.825. The summed E-state index contributed by atoms with van der Waals surface area (Å²) in [6, 6.07) is 0. The van der Waals surface area contributed by atoms with Crippen molar-refractivity contribution in [2.24, 2.45) is 5.92 Å². The summed E-state index contributed by atoms with van der Waals surface area (Å²) < 4.78 is 5.79. The van der Waals surface area contributed by atoms with Gasteiger partial charge in [-0.15, -0.1) is 0 Å². The fraction of sp³-hybridized carbons (Fsp3) is 0.750. The van der Waals surface area contributed by atoms with E-state index in [4.69, 9.17) is 4.42 Å². The highest BCUT2D eigenvalue weighted by molar-refractivity contribution is 5.05. The zero-order valence-electron chi connectivity index (χ0n) is 9.62. The van der Waals surface area contributed by atoms with Gasteiger partial charge in [0.05, 0.1) is 6.20 Å². The summed E-state index contributed by atoms with van der Waals surface area (Å²) in [5.74, 6) is 3.35. The minimum atomic E-state index is 0.612. The Labute approximate surface area is 91.3 Å². The molecule has 0 aliphatic heterocycles. The smallest absolute Gasteiger partial charge is 0.195 e. The predicted molar refractivity (Wildman–Crippen MR) is 59.9 cm³/mol. The molecule has 0 amide bonds. The van der Waals surface area contributed by atoms with E-state index in [1.807, 2.05) is 13.2 Å². The molecule has 1 aromatic rings. The number of nitrogens with one attached hydrogen (secondary N) is 1. The number of rotatable bonds is 4. The molecule has 2 unspecified atom stereocenters. The van der Waals surface area contributed by atoms with E-state index in [0.29, 0.717) is 5.92 Å². The van der Waals surface area contributed by atoms with Crippen LogP contribution in [0.3, 0.4) is 0 Å². The lowest BCUT2D eigenvalue weighted by molar-refractivity contribution is 0.388. The van der Waals surface area contributed by atoms with E-state index in [1.165, 1.54) is 19.3 Å². The van der Waals surface area contributed by atoms with Gasteiger partial charge in [0, 0.05) is 18.9 Å². The molecule has 1 aliphatic rings. The van der Waals surface area contributed by atoms with Crippen LogP contribution >= 0.6 is 0 Å². The molecule has 1 aliphatic carbocycles. The van der Waals surface area contributed by atoms with Crippen molar-refractivity contribution in [3.05, 3.63) is 17.8 Å². The van der Waals surface area contributed by atoms with Crippen LogP contribution in [0.2, 0.25) is 0 Å². The molecule has 1 fully saturated rings. The lowest BCUT2D eigenvalue weighted by Gasteiger charge is -2.10. The Morgan fingerprint density at radius 1 is 1.53 bits per heavy atom. The summed E-state index contributed by atoms with van der Waals surface area (Å²) in [4.78, 5) is 4.33. The molecule has 0 radical (unpaired) electrons. The SMILES string of the molecule is CNCCc1ncc(C2CCCC2C)o1. The summed E-state index contributed by atoms with van der Waals surface area (Å²) in [6.07, 6.45) is 6.74. The molecule has 84 valence electrons. The second-order valence-corrected chi connectivity index (χ2v) is 4.52. The zero-order valence-corrected chi connectivity index (χ0v) is 9.62. The molecular formula is C12H20N2O. The molecule has 0 aromatic carbocycles. The maximum Gasteiger partial charge on any atom is 0.195 e. The molecular weight excluding hydrogens is 188 g/mol. The first-order chi connectivity index (χ1) is 7.31. The summed E-state index contributed by atoms with van der Waals surface area (Å²) in [7, 11) is 1.95.